The fourth-order valence-corrected chi connectivity index (χ4v) is 2.31. The van der Waals surface area contributed by atoms with E-state index >= 15 is 0 Å². The van der Waals surface area contributed by atoms with Gasteiger partial charge in [-0.05, 0) is 25.2 Å². The maximum Gasteiger partial charge on any atom is 0.324 e. The summed E-state index contributed by atoms with van der Waals surface area (Å²) in [4.78, 5) is 11.3. The molecule has 0 radical (unpaired) electrons. The lowest BCUT2D eigenvalue weighted by molar-refractivity contribution is -0.136. The number of nitrogens with one attached hydrogen (secondary N) is 1. The van der Waals surface area contributed by atoms with Crippen LogP contribution in [0.25, 0.3) is 0 Å². The summed E-state index contributed by atoms with van der Waals surface area (Å²) < 4.78 is 48.9. The molecule has 2 atom stereocenters. The normalized spacial score (nSPS) is 24.5. The predicted molar refractivity (Wildman–Crippen MR) is 63.1 cm³/mol. The summed E-state index contributed by atoms with van der Waals surface area (Å²) in [5, 5.41) is 1.85. The summed E-state index contributed by atoms with van der Waals surface area (Å²) >= 11 is 0. The van der Waals surface area contributed by atoms with Crippen LogP contribution in [0, 0.1) is 5.92 Å². The third-order valence-electron chi connectivity index (χ3n) is 3.44. The van der Waals surface area contributed by atoms with Gasteiger partial charge in [0.05, 0.1) is 6.54 Å². The highest BCUT2D eigenvalue weighted by Gasteiger charge is 2.40. The molecular formula is C12H20F4N2O. The zero-order valence-electron chi connectivity index (χ0n) is 10.7. The second kappa shape index (κ2) is 7.07. The Labute approximate surface area is 109 Å². The van der Waals surface area contributed by atoms with Gasteiger partial charge in [0.15, 0.2) is 0 Å². The number of amides is 1. The van der Waals surface area contributed by atoms with E-state index in [0.29, 0.717) is 12.3 Å². The Bertz CT molecular complexity index is 299. The summed E-state index contributed by atoms with van der Waals surface area (Å²) in [6.45, 7) is -1.31. The van der Waals surface area contributed by atoms with Crippen LogP contribution in [0.3, 0.4) is 0 Å². The van der Waals surface area contributed by atoms with Crippen LogP contribution < -0.4 is 11.1 Å². The van der Waals surface area contributed by atoms with Gasteiger partial charge in [0.25, 0.3) is 0 Å². The summed E-state index contributed by atoms with van der Waals surface area (Å²) in [5.74, 6) is -4.45. The average molecular weight is 284 g/mol. The van der Waals surface area contributed by atoms with Crippen molar-refractivity contribution in [3.63, 3.8) is 0 Å². The van der Waals surface area contributed by atoms with Gasteiger partial charge in [0, 0.05) is 12.5 Å². The van der Waals surface area contributed by atoms with Gasteiger partial charge in [0.2, 0.25) is 5.91 Å². The molecule has 1 aliphatic carbocycles. The van der Waals surface area contributed by atoms with Crippen LogP contribution in [0.1, 0.15) is 38.5 Å². The second-order valence-electron chi connectivity index (χ2n) is 5.17. The van der Waals surface area contributed by atoms with Crippen molar-refractivity contribution in [1.29, 1.82) is 0 Å². The number of carbonyl (C=O) groups excluding carboxylic acids is 1. The standard InChI is InChI=1S/C12H20F4N2O/c13-11(14)12(15,16)7-18-10(19)5-4-8-2-1-3-9(17)6-8/h8-9,11H,1-7,17H2,(H,18,19). The molecule has 3 N–H and O–H groups in total. The highest BCUT2D eigenvalue weighted by Crippen LogP contribution is 2.27. The van der Waals surface area contributed by atoms with E-state index in [1.54, 1.807) is 0 Å². The zero-order chi connectivity index (χ0) is 14.5. The third-order valence-corrected chi connectivity index (χ3v) is 3.44. The number of hydrogen-bond acceptors (Lipinski definition) is 2. The highest BCUT2D eigenvalue weighted by molar-refractivity contribution is 5.75. The van der Waals surface area contributed by atoms with Gasteiger partial charge in [0.1, 0.15) is 0 Å². The molecule has 1 saturated carbocycles. The van der Waals surface area contributed by atoms with E-state index in [1.165, 1.54) is 0 Å². The molecule has 0 spiro atoms. The molecule has 112 valence electrons. The molecule has 0 saturated heterocycles. The number of carbonyl (C=O) groups is 1. The fraction of sp³-hybridized carbons (Fsp3) is 0.917. The summed E-state index contributed by atoms with van der Waals surface area (Å²) in [5.41, 5.74) is 5.80. The van der Waals surface area contributed by atoms with E-state index in [1.807, 2.05) is 5.32 Å². The van der Waals surface area contributed by atoms with Gasteiger partial charge in [-0.25, -0.2) is 8.78 Å². The van der Waals surface area contributed by atoms with Crippen LogP contribution in [0.5, 0.6) is 0 Å². The van der Waals surface area contributed by atoms with E-state index in [2.05, 4.69) is 0 Å². The zero-order valence-corrected chi connectivity index (χ0v) is 10.7. The van der Waals surface area contributed by atoms with Gasteiger partial charge < -0.3 is 11.1 Å². The SMILES string of the molecule is NC1CCCC(CCC(=O)NCC(F)(F)C(F)F)C1. The maximum atomic E-state index is 12.6. The quantitative estimate of drug-likeness (QED) is 0.735. The lowest BCUT2D eigenvalue weighted by Crippen LogP contribution is -2.41. The van der Waals surface area contributed by atoms with E-state index in [9.17, 15) is 22.4 Å². The van der Waals surface area contributed by atoms with Crippen LogP contribution >= 0.6 is 0 Å². The van der Waals surface area contributed by atoms with Gasteiger partial charge >= 0.3 is 12.3 Å². The molecule has 0 aromatic rings. The minimum Gasteiger partial charge on any atom is -0.350 e. The van der Waals surface area contributed by atoms with Crippen LogP contribution in [0.2, 0.25) is 0 Å². The molecule has 0 aromatic carbocycles. The molecule has 19 heavy (non-hydrogen) atoms. The van der Waals surface area contributed by atoms with E-state index in [0.717, 1.165) is 25.7 Å². The number of halogens is 4. The van der Waals surface area contributed by atoms with Crippen molar-refractivity contribution in [2.45, 2.75) is 56.9 Å². The lowest BCUT2D eigenvalue weighted by Gasteiger charge is -2.26. The van der Waals surface area contributed by atoms with E-state index < -0.39 is 24.8 Å². The molecule has 7 heteroatoms. The summed E-state index contributed by atoms with van der Waals surface area (Å²) in [7, 11) is 0. The Morgan fingerprint density at radius 3 is 2.63 bits per heavy atom. The maximum absolute atomic E-state index is 12.6. The Morgan fingerprint density at radius 2 is 2.05 bits per heavy atom. The fourth-order valence-electron chi connectivity index (χ4n) is 2.31. The molecule has 1 fully saturated rings. The first kappa shape index (κ1) is 16.2. The second-order valence-corrected chi connectivity index (χ2v) is 5.17. The molecule has 1 aliphatic rings. The van der Waals surface area contributed by atoms with Crippen molar-refractivity contribution < 1.29 is 22.4 Å². The van der Waals surface area contributed by atoms with Crippen molar-refractivity contribution in [2.24, 2.45) is 11.7 Å². The topological polar surface area (TPSA) is 55.1 Å². The lowest BCUT2D eigenvalue weighted by atomic mass is 9.83. The average Bonchev–Trinajstić information content (AvgIpc) is 2.34. The molecule has 1 amide bonds. The Balaban J connectivity index is 2.21. The minimum atomic E-state index is -4.16. The van der Waals surface area contributed by atoms with E-state index in [-0.39, 0.29) is 12.5 Å². The monoisotopic (exact) mass is 284 g/mol. The first-order valence-electron chi connectivity index (χ1n) is 6.49. The number of rotatable bonds is 6. The van der Waals surface area contributed by atoms with Crippen LogP contribution in [0.15, 0.2) is 0 Å². The summed E-state index contributed by atoms with van der Waals surface area (Å²) in [6.07, 6.45) is 0.690. The number of hydrogen-bond donors (Lipinski definition) is 2. The van der Waals surface area contributed by atoms with Crippen molar-refractivity contribution in [1.82, 2.24) is 5.32 Å². The predicted octanol–water partition coefficient (Wildman–Crippen LogP) is 2.30. The largest absolute Gasteiger partial charge is 0.350 e. The summed E-state index contributed by atoms with van der Waals surface area (Å²) in [6, 6.07) is 0.143. The third kappa shape index (κ3) is 5.76. The van der Waals surface area contributed by atoms with Crippen LogP contribution in [-0.2, 0) is 4.79 Å². The van der Waals surface area contributed by atoms with Crippen molar-refractivity contribution >= 4 is 5.91 Å². The Hall–Kier alpha value is -0.850. The van der Waals surface area contributed by atoms with Crippen LogP contribution in [-0.4, -0.2) is 30.8 Å². The van der Waals surface area contributed by atoms with Gasteiger partial charge in [-0.15, -0.1) is 0 Å². The molecule has 2 unspecified atom stereocenters. The van der Waals surface area contributed by atoms with Gasteiger partial charge in [-0.1, -0.05) is 12.8 Å². The molecule has 0 aromatic heterocycles. The van der Waals surface area contributed by atoms with Crippen LogP contribution in [0.4, 0.5) is 17.6 Å². The van der Waals surface area contributed by atoms with Gasteiger partial charge in [-0.3, -0.25) is 4.79 Å². The number of nitrogens with two attached hydrogens (primary N) is 1. The first-order valence-corrected chi connectivity index (χ1v) is 6.49. The molecular weight excluding hydrogens is 264 g/mol. The number of alkyl halides is 4. The molecule has 1 rings (SSSR count). The molecule has 3 nitrogen and oxygen atoms in total. The highest BCUT2D eigenvalue weighted by atomic mass is 19.3. The van der Waals surface area contributed by atoms with Crippen molar-refractivity contribution in [2.75, 3.05) is 6.54 Å². The smallest absolute Gasteiger partial charge is 0.324 e. The molecule has 0 aliphatic heterocycles. The van der Waals surface area contributed by atoms with E-state index in [4.69, 9.17) is 5.73 Å². The minimum absolute atomic E-state index is 0.0801. The Kier molecular flexibility index (Phi) is 6.03. The van der Waals surface area contributed by atoms with Crippen molar-refractivity contribution in [3.05, 3.63) is 0 Å². The molecule has 0 heterocycles. The van der Waals surface area contributed by atoms with Gasteiger partial charge in [-0.2, -0.15) is 8.78 Å². The van der Waals surface area contributed by atoms with Crippen molar-refractivity contribution in [3.8, 4) is 0 Å². The first-order chi connectivity index (χ1) is 8.81. The Morgan fingerprint density at radius 1 is 1.37 bits per heavy atom. The molecule has 0 bridgehead atoms.